The number of pyridine rings is 1. The first-order valence-electron chi connectivity index (χ1n) is 5.44. The minimum absolute atomic E-state index is 0.339. The van der Waals surface area contributed by atoms with Gasteiger partial charge < -0.3 is 9.47 Å². The first-order chi connectivity index (χ1) is 8.83. The highest BCUT2D eigenvalue weighted by Crippen LogP contribution is 2.28. The molecule has 0 aliphatic rings. The van der Waals surface area contributed by atoms with Crippen LogP contribution >= 0.6 is 0 Å². The SMILES string of the molecule is COc1ccc(C#N)cc1OCc1ccccn1. The lowest BCUT2D eigenvalue weighted by atomic mass is 10.2. The van der Waals surface area contributed by atoms with Gasteiger partial charge in [-0.3, -0.25) is 4.98 Å². The number of benzene rings is 1. The second kappa shape index (κ2) is 5.69. The minimum Gasteiger partial charge on any atom is -0.493 e. The Kier molecular flexibility index (Phi) is 3.77. The fourth-order valence-electron chi connectivity index (χ4n) is 1.49. The van der Waals surface area contributed by atoms with Crippen LogP contribution in [-0.4, -0.2) is 12.1 Å². The van der Waals surface area contributed by atoms with Crippen LogP contribution in [0.2, 0.25) is 0 Å². The summed E-state index contributed by atoms with van der Waals surface area (Å²) in [4.78, 5) is 4.16. The Hall–Kier alpha value is -2.54. The maximum atomic E-state index is 8.85. The molecule has 0 fully saturated rings. The van der Waals surface area contributed by atoms with Gasteiger partial charge in [-0.15, -0.1) is 0 Å². The van der Waals surface area contributed by atoms with E-state index in [9.17, 15) is 0 Å². The van der Waals surface area contributed by atoms with Crippen molar-refractivity contribution >= 4 is 0 Å². The highest BCUT2D eigenvalue weighted by atomic mass is 16.5. The van der Waals surface area contributed by atoms with Crippen molar-refractivity contribution in [2.45, 2.75) is 6.61 Å². The summed E-state index contributed by atoms with van der Waals surface area (Å²) < 4.78 is 10.8. The molecule has 0 atom stereocenters. The van der Waals surface area contributed by atoms with Gasteiger partial charge in [0.1, 0.15) is 6.61 Å². The van der Waals surface area contributed by atoms with Gasteiger partial charge in [-0.25, -0.2) is 0 Å². The fraction of sp³-hybridized carbons (Fsp3) is 0.143. The second-order valence-electron chi connectivity index (χ2n) is 3.59. The van der Waals surface area contributed by atoms with E-state index in [1.54, 1.807) is 31.5 Å². The Bertz CT molecular complexity index is 562. The van der Waals surface area contributed by atoms with Gasteiger partial charge in [-0.1, -0.05) is 6.07 Å². The van der Waals surface area contributed by atoms with Gasteiger partial charge in [0.2, 0.25) is 0 Å². The van der Waals surface area contributed by atoms with Crippen LogP contribution < -0.4 is 9.47 Å². The predicted molar refractivity (Wildman–Crippen MR) is 66.3 cm³/mol. The van der Waals surface area contributed by atoms with Gasteiger partial charge in [0.25, 0.3) is 0 Å². The van der Waals surface area contributed by atoms with E-state index in [0.29, 0.717) is 23.7 Å². The van der Waals surface area contributed by atoms with Gasteiger partial charge >= 0.3 is 0 Å². The fourth-order valence-corrected chi connectivity index (χ4v) is 1.49. The van der Waals surface area contributed by atoms with Crippen LogP contribution in [0.5, 0.6) is 11.5 Å². The van der Waals surface area contributed by atoms with Crippen molar-refractivity contribution in [2.24, 2.45) is 0 Å². The first kappa shape index (κ1) is 11.9. The molecule has 0 bridgehead atoms. The van der Waals surface area contributed by atoms with Crippen molar-refractivity contribution in [3.8, 4) is 17.6 Å². The predicted octanol–water partition coefficient (Wildman–Crippen LogP) is 2.54. The van der Waals surface area contributed by atoms with E-state index in [-0.39, 0.29) is 0 Å². The van der Waals surface area contributed by atoms with Crippen LogP contribution in [0.15, 0.2) is 42.6 Å². The van der Waals surface area contributed by atoms with Crippen LogP contribution in [-0.2, 0) is 6.61 Å². The topological polar surface area (TPSA) is 55.1 Å². The Morgan fingerprint density at radius 1 is 1.22 bits per heavy atom. The second-order valence-corrected chi connectivity index (χ2v) is 3.59. The number of methoxy groups -OCH3 is 1. The summed E-state index contributed by atoms with van der Waals surface area (Å²) >= 11 is 0. The monoisotopic (exact) mass is 240 g/mol. The smallest absolute Gasteiger partial charge is 0.163 e. The van der Waals surface area contributed by atoms with Crippen molar-refractivity contribution < 1.29 is 9.47 Å². The van der Waals surface area contributed by atoms with E-state index < -0.39 is 0 Å². The van der Waals surface area contributed by atoms with Gasteiger partial charge in [-0.05, 0) is 24.3 Å². The molecule has 4 heteroatoms. The van der Waals surface area contributed by atoms with E-state index in [1.165, 1.54) is 0 Å². The molecule has 0 spiro atoms. The minimum atomic E-state index is 0.339. The number of nitrogens with zero attached hydrogens (tertiary/aromatic N) is 2. The first-order valence-corrected chi connectivity index (χ1v) is 5.44. The van der Waals surface area contributed by atoms with Crippen LogP contribution in [0.4, 0.5) is 0 Å². The molecule has 0 N–H and O–H groups in total. The van der Waals surface area contributed by atoms with Gasteiger partial charge in [0, 0.05) is 12.3 Å². The summed E-state index contributed by atoms with van der Waals surface area (Å²) in [5.41, 5.74) is 1.36. The average Bonchev–Trinajstić information content (AvgIpc) is 2.45. The molecule has 0 saturated carbocycles. The molecule has 90 valence electrons. The van der Waals surface area contributed by atoms with Gasteiger partial charge in [0.05, 0.1) is 24.4 Å². The molecular weight excluding hydrogens is 228 g/mol. The number of nitriles is 1. The summed E-state index contributed by atoms with van der Waals surface area (Å²) in [7, 11) is 1.56. The van der Waals surface area contributed by atoms with E-state index in [0.717, 1.165) is 5.69 Å². The molecule has 0 amide bonds. The van der Waals surface area contributed by atoms with Crippen LogP contribution in [0.25, 0.3) is 0 Å². The number of rotatable bonds is 4. The van der Waals surface area contributed by atoms with Crippen LogP contribution in [0, 0.1) is 11.3 Å². The standard InChI is InChI=1S/C14H12N2O2/c1-17-13-6-5-11(9-15)8-14(13)18-10-12-4-2-3-7-16-12/h2-8H,10H2,1H3. The van der Waals surface area contributed by atoms with Gasteiger partial charge in [-0.2, -0.15) is 5.26 Å². The zero-order valence-corrected chi connectivity index (χ0v) is 9.96. The van der Waals surface area contributed by atoms with Crippen molar-refractivity contribution in [1.82, 2.24) is 4.98 Å². The van der Waals surface area contributed by atoms with Crippen molar-refractivity contribution in [3.63, 3.8) is 0 Å². The molecule has 0 radical (unpaired) electrons. The summed E-state index contributed by atoms with van der Waals surface area (Å²) in [6.45, 7) is 0.339. The van der Waals surface area contributed by atoms with E-state index in [1.807, 2.05) is 18.2 Å². The summed E-state index contributed by atoms with van der Waals surface area (Å²) in [6, 6.07) is 12.7. The Morgan fingerprint density at radius 2 is 2.11 bits per heavy atom. The molecule has 0 aliphatic carbocycles. The highest BCUT2D eigenvalue weighted by Gasteiger charge is 2.06. The van der Waals surface area contributed by atoms with E-state index >= 15 is 0 Å². The van der Waals surface area contributed by atoms with E-state index in [4.69, 9.17) is 14.7 Å². The third-order valence-electron chi connectivity index (χ3n) is 2.39. The van der Waals surface area contributed by atoms with E-state index in [2.05, 4.69) is 11.1 Å². The molecule has 0 aliphatic heterocycles. The average molecular weight is 240 g/mol. The molecule has 1 heterocycles. The molecule has 1 aromatic heterocycles. The molecule has 0 saturated heterocycles. The Labute approximate surface area is 105 Å². The summed E-state index contributed by atoms with van der Waals surface area (Å²) in [5.74, 6) is 1.15. The highest BCUT2D eigenvalue weighted by molar-refractivity contribution is 5.46. The normalized spacial score (nSPS) is 9.56. The summed E-state index contributed by atoms with van der Waals surface area (Å²) in [5, 5.41) is 8.85. The molecule has 2 rings (SSSR count). The lowest BCUT2D eigenvalue weighted by molar-refractivity contribution is 0.280. The Balaban J connectivity index is 2.15. The lowest BCUT2D eigenvalue weighted by Gasteiger charge is -2.10. The number of hydrogen-bond donors (Lipinski definition) is 0. The zero-order valence-electron chi connectivity index (χ0n) is 9.96. The zero-order chi connectivity index (χ0) is 12.8. The van der Waals surface area contributed by atoms with Crippen LogP contribution in [0.1, 0.15) is 11.3 Å². The van der Waals surface area contributed by atoms with Crippen molar-refractivity contribution in [3.05, 3.63) is 53.9 Å². The molecule has 0 unspecified atom stereocenters. The number of hydrogen-bond acceptors (Lipinski definition) is 4. The largest absolute Gasteiger partial charge is 0.493 e. The molecular formula is C14H12N2O2. The van der Waals surface area contributed by atoms with Crippen molar-refractivity contribution in [2.75, 3.05) is 7.11 Å². The lowest BCUT2D eigenvalue weighted by Crippen LogP contribution is -1.99. The quantitative estimate of drug-likeness (QED) is 0.824. The Morgan fingerprint density at radius 3 is 2.78 bits per heavy atom. The van der Waals surface area contributed by atoms with Crippen LogP contribution in [0.3, 0.4) is 0 Å². The maximum Gasteiger partial charge on any atom is 0.163 e. The molecule has 1 aromatic carbocycles. The third-order valence-corrected chi connectivity index (χ3v) is 2.39. The van der Waals surface area contributed by atoms with Crippen molar-refractivity contribution in [1.29, 1.82) is 5.26 Å². The number of aromatic nitrogens is 1. The summed E-state index contributed by atoms with van der Waals surface area (Å²) in [6.07, 6.45) is 1.71. The number of ether oxygens (including phenoxy) is 2. The molecule has 4 nitrogen and oxygen atoms in total. The molecule has 18 heavy (non-hydrogen) atoms. The third kappa shape index (κ3) is 2.77. The molecule has 2 aromatic rings. The van der Waals surface area contributed by atoms with Gasteiger partial charge in [0.15, 0.2) is 11.5 Å². The maximum absolute atomic E-state index is 8.85.